The quantitative estimate of drug-likeness (QED) is 0.213. The molecule has 1 atom stereocenters. The zero-order valence-corrected chi connectivity index (χ0v) is 18.4. The predicted octanol–water partition coefficient (Wildman–Crippen LogP) is 6.60. The molecule has 0 amide bonds. The Bertz CT molecular complexity index is 633. The maximum atomic E-state index is 12.9. The molecular formula is C26H38O3. The van der Waals surface area contributed by atoms with Gasteiger partial charge in [-0.25, -0.2) is 4.79 Å². The van der Waals surface area contributed by atoms with Gasteiger partial charge in [0.05, 0.1) is 6.61 Å². The number of benzene rings is 1. The van der Waals surface area contributed by atoms with Crippen molar-refractivity contribution in [3.8, 4) is 0 Å². The summed E-state index contributed by atoms with van der Waals surface area (Å²) in [4.78, 5) is 12.9. The van der Waals surface area contributed by atoms with Gasteiger partial charge in [0.2, 0.25) is 5.60 Å². The Morgan fingerprint density at radius 2 is 1.66 bits per heavy atom. The van der Waals surface area contributed by atoms with Crippen LogP contribution in [0.4, 0.5) is 0 Å². The fourth-order valence-electron chi connectivity index (χ4n) is 3.37. The first kappa shape index (κ1) is 23.4. The monoisotopic (exact) mass is 398 g/mol. The molecule has 1 aromatic carbocycles. The predicted molar refractivity (Wildman–Crippen MR) is 120 cm³/mol. The summed E-state index contributed by atoms with van der Waals surface area (Å²) in [5.41, 5.74) is 0.111. The molecule has 29 heavy (non-hydrogen) atoms. The normalized spacial score (nSPS) is 21.8. The van der Waals surface area contributed by atoms with Gasteiger partial charge in [0.25, 0.3) is 0 Å². The Morgan fingerprint density at radius 3 is 2.31 bits per heavy atom. The maximum Gasteiger partial charge on any atom is 0.346 e. The average Bonchev–Trinajstić information content (AvgIpc) is 2.77. The van der Waals surface area contributed by atoms with Crippen LogP contribution in [0.25, 0.3) is 0 Å². The van der Waals surface area contributed by atoms with E-state index in [0.29, 0.717) is 19.1 Å². The van der Waals surface area contributed by atoms with Gasteiger partial charge in [-0.15, -0.1) is 0 Å². The van der Waals surface area contributed by atoms with E-state index in [2.05, 4.69) is 45.1 Å². The first-order chi connectivity index (χ1) is 14.1. The smallest absolute Gasteiger partial charge is 0.346 e. The molecule has 3 nitrogen and oxygen atoms in total. The van der Waals surface area contributed by atoms with Gasteiger partial charge < -0.3 is 9.47 Å². The number of carbonyl (C=O) groups is 1. The van der Waals surface area contributed by atoms with Crippen LogP contribution in [0.5, 0.6) is 0 Å². The molecule has 1 aliphatic rings. The molecule has 0 spiro atoms. The summed E-state index contributed by atoms with van der Waals surface area (Å²) >= 11 is 0. The van der Waals surface area contributed by atoms with Crippen molar-refractivity contribution in [2.24, 2.45) is 5.92 Å². The molecule has 2 rings (SSSR count). The highest BCUT2D eigenvalue weighted by atomic mass is 16.6. The third kappa shape index (κ3) is 7.47. The topological polar surface area (TPSA) is 35.5 Å². The average molecular weight is 399 g/mol. The molecule has 0 heterocycles. The van der Waals surface area contributed by atoms with Crippen LogP contribution in [-0.4, -0.2) is 24.8 Å². The lowest BCUT2D eigenvalue weighted by Crippen LogP contribution is -2.41. The number of unbranched alkanes of at least 4 members (excludes halogenated alkanes) is 5. The van der Waals surface area contributed by atoms with Gasteiger partial charge in [-0.05, 0) is 30.1 Å². The van der Waals surface area contributed by atoms with Crippen molar-refractivity contribution in [3.63, 3.8) is 0 Å². The molecule has 0 aliphatic heterocycles. The number of ether oxygens (including phenoxy) is 2. The van der Waals surface area contributed by atoms with Crippen molar-refractivity contribution in [3.05, 3.63) is 60.2 Å². The minimum absolute atomic E-state index is 0.157. The van der Waals surface area contributed by atoms with Crippen LogP contribution in [0, 0.1) is 5.92 Å². The van der Waals surface area contributed by atoms with E-state index in [-0.39, 0.29) is 11.9 Å². The molecule has 0 radical (unpaired) electrons. The van der Waals surface area contributed by atoms with Crippen LogP contribution < -0.4 is 0 Å². The second-order valence-electron chi connectivity index (χ2n) is 8.18. The third-order valence-electron chi connectivity index (χ3n) is 5.64. The summed E-state index contributed by atoms with van der Waals surface area (Å²) in [6.45, 7) is 7.42. The molecule has 0 saturated heterocycles. The van der Waals surface area contributed by atoms with E-state index in [1.807, 2.05) is 30.4 Å². The van der Waals surface area contributed by atoms with Crippen LogP contribution >= 0.6 is 0 Å². The van der Waals surface area contributed by atoms with E-state index in [1.54, 1.807) is 0 Å². The highest BCUT2D eigenvalue weighted by Gasteiger charge is 2.38. The molecule has 1 aromatic rings. The Morgan fingerprint density at radius 1 is 1.00 bits per heavy atom. The lowest BCUT2D eigenvalue weighted by molar-refractivity contribution is -0.162. The summed E-state index contributed by atoms with van der Waals surface area (Å²) in [5.74, 6) is 0.204. The van der Waals surface area contributed by atoms with Gasteiger partial charge in [0.1, 0.15) is 0 Å². The minimum atomic E-state index is -1.10. The largest absolute Gasteiger partial charge is 0.463 e. The maximum absolute atomic E-state index is 12.9. The summed E-state index contributed by atoms with van der Waals surface area (Å²) in [7, 11) is 0. The van der Waals surface area contributed by atoms with Crippen LogP contribution in [0.3, 0.4) is 0 Å². The Hall–Kier alpha value is -1.87. The summed E-state index contributed by atoms with van der Waals surface area (Å²) in [6, 6.07) is 10.3. The Labute approximate surface area is 177 Å². The van der Waals surface area contributed by atoms with Crippen molar-refractivity contribution in [2.45, 2.75) is 77.2 Å². The van der Waals surface area contributed by atoms with Crippen molar-refractivity contribution in [2.75, 3.05) is 13.2 Å². The lowest BCUT2D eigenvalue weighted by Gasteiger charge is -2.30. The van der Waals surface area contributed by atoms with Crippen LogP contribution in [0.1, 0.15) is 77.2 Å². The number of carbonyl (C=O) groups excluding carboxylic acids is 1. The lowest BCUT2D eigenvalue weighted by atomic mass is 9.88. The van der Waals surface area contributed by atoms with E-state index in [1.165, 1.54) is 31.2 Å². The molecule has 160 valence electrons. The first-order valence-electron chi connectivity index (χ1n) is 11.4. The Kier molecular flexibility index (Phi) is 10.2. The standard InChI is InChI=1S/C26H38O3/c1-4-6-7-8-9-13-20-29-26(25(27)28-21-22(3)5-2)18-16-24(17-19-26)23-14-11-10-12-15-23/h10-12,14-19,22,24H,4-9,13,20-21H2,1-3H3. The summed E-state index contributed by atoms with van der Waals surface area (Å²) in [6.07, 6.45) is 16.0. The van der Waals surface area contributed by atoms with Crippen LogP contribution in [0.15, 0.2) is 54.6 Å². The second-order valence-corrected chi connectivity index (χ2v) is 8.18. The molecule has 0 saturated carbocycles. The molecule has 3 heteroatoms. The molecular weight excluding hydrogens is 360 g/mol. The number of hydrogen-bond acceptors (Lipinski definition) is 3. The van der Waals surface area contributed by atoms with Gasteiger partial charge in [0, 0.05) is 12.5 Å². The van der Waals surface area contributed by atoms with Gasteiger partial charge in [-0.2, -0.15) is 0 Å². The Balaban J connectivity index is 1.98. The minimum Gasteiger partial charge on any atom is -0.463 e. The highest BCUT2D eigenvalue weighted by Crippen LogP contribution is 2.30. The second kappa shape index (κ2) is 12.6. The zero-order chi connectivity index (χ0) is 21.0. The van der Waals surface area contributed by atoms with Gasteiger partial charge in [-0.1, -0.05) is 102 Å². The number of allylic oxidation sites excluding steroid dienone is 2. The fourth-order valence-corrected chi connectivity index (χ4v) is 3.37. The summed E-state index contributed by atoms with van der Waals surface area (Å²) in [5, 5.41) is 0. The van der Waals surface area contributed by atoms with Gasteiger partial charge in [-0.3, -0.25) is 0 Å². The molecule has 0 bridgehead atoms. The van der Waals surface area contributed by atoms with Crippen molar-refractivity contribution in [1.29, 1.82) is 0 Å². The first-order valence-corrected chi connectivity index (χ1v) is 11.4. The third-order valence-corrected chi connectivity index (χ3v) is 5.64. The molecule has 1 unspecified atom stereocenters. The number of hydrogen-bond donors (Lipinski definition) is 0. The van der Waals surface area contributed by atoms with Gasteiger partial charge in [0.15, 0.2) is 0 Å². The van der Waals surface area contributed by atoms with Crippen molar-refractivity contribution < 1.29 is 14.3 Å². The molecule has 0 aromatic heterocycles. The van der Waals surface area contributed by atoms with Gasteiger partial charge >= 0.3 is 5.97 Å². The van der Waals surface area contributed by atoms with E-state index < -0.39 is 5.60 Å². The van der Waals surface area contributed by atoms with E-state index >= 15 is 0 Å². The SMILES string of the molecule is CCCCCCCCOC1(C(=O)OCC(C)CC)C=CC(c2ccccc2)C=C1. The molecule has 0 fully saturated rings. The van der Waals surface area contributed by atoms with E-state index in [0.717, 1.165) is 19.3 Å². The molecule has 1 aliphatic carbocycles. The van der Waals surface area contributed by atoms with Crippen LogP contribution in [-0.2, 0) is 14.3 Å². The number of rotatable bonds is 13. The van der Waals surface area contributed by atoms with E-state index in [9.17, 15) is 4.79 Å². The van der Waals surface area contributed by atoms with E-state index in [4.69, 9.17) is 9.47 Å². The van der Waals surface area contributed by atoms with Crippen molar-refractivity contribution in [1.82, 2.24) is 0 Å². The fraction of sp³-hybridized carbons (Fsp3) is 0.577. The summed E-state index contributed by atoms with van der Waals surface area (Å²) < 4.78 is 11.8. The molecule has 0 N–H and O–H groups in total. The van der Waals surface area contributed by atoms with Crippen molar-refractivity contribution >= 4 is 5.97 Å². The van der Waals surface area contributed by atoms with Crippen LogP contribution in [0.2, 0.25) is 0 Å². The zero-order valence-electron chi connectivity index (χ0n) is 18.4. The highest BCUT2D eigenvalue weighted by molar-refractivity contribution is 5.85. The number of esters is 1.